The Balaban J connectivity index is 1.24. The number of benzene rings is 3. The Bertz CT molecular complexity index is 1070. The fourth-order valence-corrected chi connectivity index (χ4v) is 4.08. The lowest BCUT2D eigenvalue weighted by molar-refractivity contribution is 0.0997. The maximum absolute atomic E-state index is 10.2. The van der Waals surface area contributed by atoms with Crippen molar-refractivity contribution in [2.24, 2.45) is 0 Å². The highest BCUT2D eigenvalue weighted by Crippen LogP contribution is 2.31. The number of rotatable bonds is 11. The van der Waals surface area contributed by atoms with Gasteiger partial charge in [-0.15, -0.1) is 0 Å². The molecule has 0 aliphatic carbocycles. The summed E-state index contributed by atoms with van der Waals surface area (Å²) < 4.78 is 12.5. The molecule has 1 aromatic heterocycles. The van der Waals surface area contributed by atoms with E-state index in [4.69, 9.17) is 9.47 Å². The van der Waals surface area contributed by atoms with Gasteiger partial charge in [0.25, 0.3) is 5.19 Å². The van der Waals surface area contributed by atoms with Gasteiger partial charge < -0.3 is 25.0 Å². The van der Waals surface area contributed by atoms with Crippen LogP contribution in [0.5, 0.6) is 16.7 Å². The molecule has 0 fully saturated rings. The van der Waals surface area contributed by atoms with Gasteiger partial charge in [-0.3, -0.25) is 0 Å². The van der Waals surface area contributed by atoms with E-state index in [1.54, 1.807) is 0 Å². The average molecular weight is 451 g/mol. The minimum absolute atomic E-state index is 0.0315. The molecule has 0 saturated carbocycles. The molecule has 0 amide bonds. The maximum Gasteiger partial charge on any atom is 0.279 e. The molecule has 0 saturated heterocycles. The highest BCUT2D eigenvalue weighted by atomic mass is 32.1. The molecule has 0 aliphatic rings. The van der Waals surface area contributed by atoms with Crippen molar-refractivity contribution in [2.75, 3.05) is 19.8 Å². The van der Waals surface area contributed by atoms with Gasteiger partial charge in [0.1, 0.15) is 24.2 Å². The minimum atomic E-state index is -0.672. The van der Waals surface area contributed by atoms with E-state index < -0.39 is 6.10 Å². The van der Waals surface area contributed by atoms with Gasteiger partial charge in [0.05, 0.1) is 16.8 Å². The van der Waals surface area contributed by atoms with Crippen molar-refractivity contribution < 1.29 is 19.7 Å². The Hall–Kier alpha value is -2.97. The number of fused-ring (bicyclic) bond motifs is 1. The molecule has 0 radical (unpaired) electrons. The number of hydrogen-bond donors (Lipinski definition) is 3. The Morgan fingerprint density at radius 3 is 2.41 bits per heavy atom. The number of nitrogens with zero attached hydrogens (tertiary/aromatic N) is 1. The third-order valence-corrected chi connectivity index (χ3v) is 5.85. The van der Waals surface area contributed by atoms with Crippen LogP contribution in [-0.4, -0.2) is 47.1 Å². The molecule has 6 nitrogen and oxygen atoms in total. The van der Waals surface area contributed by atoms with Gasteiger partial charge in [-0.05, 0) is 48.4 Å². The summed E-state index contributed by atoms with van der Waals surface area (Å²) in [7, 11) is 0. The van der Waals surface area contributed by atoms with Crippen LogP contribution in [0.15, 0.2) is 78.9 Å². The second-order valence-corrected chi connectivity index (χ2v) is 8.46. The largest absolute Gasteiger partial charge is 0.491 e. The zero-order valence-electron chi connectivity index (χ0n) is 17.6. The van der Waals surface area contributed by atoms with Crippen LogP contribution in [0.4, 0.5) is 0 Å². The van der Waals surface area contributed by atoms with Crippen molar-refractivity contribution in [1.29, 1.82) is 0 Å². The van der Waals surface area contributed by atoms with Crippen molar-refractivity contribution in [3.05, 3.63) is 84.4 Å². The number of aliphatic hydroxyl groups is 2. The molecular formula is C25H26N2O4S. The lowest BCUT2D eigenvalue weighted by Crippen LogP contribution is -2.41. The number of thiazole rings is 1. The van der Waals surface area contributed by atoms with Crippen LogP contribution in [-0.2, 0) is 6.42 Å². The van der Waals surface area contributed by atoms with Crippen LogP contribution in [0.25, 0.3) is 10.2 Å². The molecule has 32 heavy (non-hydrogen) atoms. The summed E-state index contributed by atoms with van der Waals surface area (Å²) in [6, 6.07) is 24.9. The normalized spacial score (nSPS) is 13.1. The summed E-state index contributed by atoms with van der Waals surface area (Å²) >= 11 is 1.51. The molecule has 0 spiro atoms. The van der Waals surface area contributed by atoms with Crippen LogP contribution in [0.3, 0.4) is 0 Å². The lowest BCUT2D eigenvalue weighted by atomic mass is 10.1. The zero-order chi connectivity index (χ0) is 22.2. The van der Waals surface area contributed by atoms with Crippen molar-refractivity contribution in [1.82, 2.24) is 10.3 Å². The second kappa shape index (κ2) is 11.1. The average Bonchev–Trinajstić information content (AvgIpc) is 3.24. The fraction of sp³-hybridized carbons (Fsp3) is 0.240. The quantitative estimate of drug-likeness (QED) is 0.320. The molecule has 4 rings (SSSR count). The molecule has 1 heterocycles. The molecule has 7 heteroatoms. The summed E-state index contributed by atoms with van der Waals surface area (Å²) in [6.45, 7) is 0.486. The molecule has 0 bridgehead atoms. The highest BCUT2D eigenvalue weighted by Gasteiger charge is 2.12. The zero-order valence-corrected chi connectivity index (χ0v) is 18.4. The van der Waals surface area contributed by atoms with E-state index in [2.05, 4.69) is 10.3 Å². The molecule has 3 N–H and O–H groups in total. The van der Waals surface area contributed by atoms with E-state index in [0.717, 1.165) is 27.3 Å². The number of para-hydroxylation sites is 2. The molecule has 0 unspecified atom stereocenters. The van der Waals surface area contributed by atoms with Gasteiger partial charge in [-0.25, -0.2) is 4.98 Å². The Morgan fingerprint density at radius 1 is 0.906 bits per heavy atom. The summed E-state index contributed by atoms with van der Waals surface area (Å²) in [4.78, 5) is 4.49. The number of hydrogen-bond acceptors (Lipinski definition) is 7. The van der Waals surface area contributed by atoms with Crippen LogP contribution >= 0.6 is 11.3 Å². The predicted octanol–water partition coefficient (Wildman–Crippen LogP) is 4.02. The molecule has 0 aliphatic heterocycles. The van der Waals surface area contributed by atoms with E-state index in [1.807, 2.05) is 78.9 Å². The van der Waals surface area contributed by atoms with Crippen molar-refractivity contribution >= 4 is 21.6 Å². The Kier molecular flexibility index (Phi) is 7.68. The van der Waals surface area contributed by atoms with Gasteiger partial charge in [0.15, 0.2) is 0 Å². The second-order valence-electron chi connectivity index (χ2n) is 7.46. The first-order valence-electron chi connectivity index (χ1n) is 10.5. The summed E-state index contributed by atoms with van der Waals surface area (Å²) in [5.74, 6) is 1.44. The predicted molar refractivity (Wildman–Crippen MR) is 127 cm³/mol. The van der Waals surface area contributed by atoms with E-state index in [9.17, 15) is 10.2 Å². The van der Waals surface area contributed by atoms with Gasteiger partial charge >= 0.3 is 0 Å². The van der Waals surface area contributed by atoms with Gasteiger partial charge in [0.2, 0.25) is 0 Å². The smallest absolute Gasteiger partial charge is 0.279 e. The van der Waals surface area contributed by atoms with Crippen LogP contribution in [0.1, 0.15) is 5.56 Å². The lowest BCUT2D eigenvalue weighted by Gasteiger charge is -2.19. The van der Waals surface area contributed by atoms with Crippen LogP contribution < -0.4 is 14.8 Å². The number of nitrogens with one attached hydrogen (secondary N) is 1. The Labute approximate surface area is 191 Å². The molecular weight excluding hydrogens is 424 g/mol. The monoisotopic (exact) mass is 450 g/mol. The van der Waals surface area contributed by atoms with Crippen molar-refractivity contribution in [3.8, 4) is 16.7 Å². The molecule has 3 aromatic carbocycles. The maximum atomic E-state index is 10.2. The first-order chi connectivity index (χ1) is 15.7. The van der Waals surface area contributed by atoms with E-state index in [-0.39, 0.29) is 19.3 Å². The van der Waals surface area contributed by atoms with E-state index in [1.165, 1.54) is 11.3 Å². The fourth-order valence-electron chi connectivity index (χ4n) is 3.25. The molecule has 2 atom stereocenters. The summed E-state index contributed by atoms with van der Waals surface area (Å²) in [5.41, 5.74) is 1.99. The van der Waals surface area contributed by atoms with Crippen molar-refractivity contribution in [2.45, 2.75) is 18.6 Å². The van der Waals surface area contributed by atoms with E-state index >= 15 is 0 Å². The van der Waals surface area contributed by atoms with Crippen LogP contribution in [0.2, 0.25) is 0 Å². The third kappa shape index (κ3) is 6.27. The van der Waals surface area contributed by atoms with Gasteiger partial charge in [-0.1, -0.05) is 53.8 Å². The first kappa shape index (κ1) is 22.2. The number of aromatic nitrogens is 1. The standard InChI is InChI=1S/C25H26N2O4S/c28-16-19(26-15-20(29)17-30-21-6-2-1-3-7-21)14-18-10-12-22(13-11-18)31-25-27-23-8-4-5-9-24(23)32-25/h1-13,19-20,26,28-29H,14-17H2/t19-,20-/m0/s1. The summed E-state index contributed by atoms with van der Waals surface area (Å²) in [5, 5.41) is 23.7. The number of aliphatic hydroxyl groups excluding tert-OH is 2. The topological polar surface area (TPSA) is 83.8 Å². The summed E-state index contributed by atoms with van der Waals surface area (Å²) in [6.07, 6.45) is -0.0432. The van der Waals surface area contributed by atoms with E-state index in [0.29, 0.717) is 18.2 Å². The van der Waals surface area contributed by atoms with Gasteiger partial charge in [0, 0.05) is 12.6 Å². The number of ether oxygens (including phenoxy) is 2. The van der Waals surface area contributed by atoms with Gasteiger partial charge in [-0.2, -0.15) is 0 Å². The molecule has 4 aromatic rings. The SMILES string of the molecule is OC[C@H](Cc1ccc(Oc2nc3ccccc3s2)cc1)NC[C@H](O)COc1ccccc1. The van der Waals surface area contributed by atoms with Crippen LogP contribution in [0, 0.1) is 0 Å². The van der Waals surface area contributed by atoms with Crippen molar-refractivity contribution in [3.63, 3.8) is 0 Å². The molecule has 166 valence electrons. The first-order valence-corrected chi connectivity index (χ1v) is 11.3. The highest BCUT2D eigenvalue weighted by molar-refractivity contribution is 7.20. The third-order valence-electron chi connectivity index (χ3n) is 4.93. The minimum Gasteiger partial charge on any atom is -0.491 e. The Morgan fingerprint density at radius 2 is 1.66 bits per heavy atom.